The summed E-state index contributed by atoms with van der Waals surface area (Å²) in [6.07, 6.45) is 6.36. The van der Waals surface area contributed by atoms with Crippen molar-refractivity contribution in [1.82, 2.24) is 14.1 Å². The van der Waals surface area contributed by atoms with Crippen LogP contribution in [-0.4, -0.2) is 41.5 Å². The van der Waals surface area contributed by atoms with Crippen molar-refractivity contribution in [2.75, 3.05) is 18.4 Å². The first-order valence-electron chi connectivity index (χ1n) is 11.1. The maximum absolute atomic E-state index is 13.0. The zero-order chi connectivity index (χ0) is 24.1. The highest BCUT2D eigenvalue weighted by atomic mass is 35.5. The standard InChI is InChI=1S/C24H25ClN4O4S/c25-18-7-6-8-20(17-18)29-16-13-22(30)23(27-29)24(31)26-19-9-11-21(12-10-19)34(32,33)28-14-4-2-1-3-5-15-28/h6-13,16-17H,1-5,14-15H2,(H,26,31). The van der Waals surface area contributed by atoms with Gasteiger partial charge in [-0.25, -0.2) is 13.1 Å². The van der Waals surface area contributed by atoms with Gasteiger partial charge in [-0.05, 0) is 55.3 Å². The van der Waals surface area contributed by atoms with Crippen molar-refractivity contribution >= 4 is 33.2 Å². The van der Waals surface area contributed by atoms with Crippen molar-refractivity contribution < 1.29 is 13.2 Å². The van der Waals surface area contributed by atoms with E-state index in [2.05, 4.69) is 10.4 Å². The van der Waals surface area contributed by atoms with Gasteiger partial charge in [0.2, 0.25) is 15.5 Å². The molecule has 4 rings (SSSR count). The Morgan fingerprint density at radius 3 is 2.29 bits per heavy atom. The summed E-state index contributed by atoms with van der Waals surface area (Å²) in [5, 5.41) is 7.26. The summed E-state index contributed by atoms with van der Waals surface area (Å²) in [6.45, 7) is 1.03. The van der Waals surface area contributed by atoms with Gasteiger partial charge in [-0.1, -0.05) is 36.9 Å². The van der Waals surface area contributed by atoms with Crippen LogP contribution in [0.25, 0.3) is 5.69 Å². The van der Waals surface area contributed by atoms with Crippen LogP contribution in [0.15, 0.2) is 70.5 Å². The number of nitrogens with zero attached hydrogens (tertiary/aromatic N) is 3. The van der Waals surface area contributed by atoms with Gasteiger partial charge >= 0.3 is 0 Å². The smallest absolute Gasteiger partial charge is 0.280 e. The summed E-state index contributed by atoms with van der Waals surface area (Å²) in [6, 6.07) is 14.0. The van der Waals surface area contributed by atoms with Crippen LogP contribution < -0.4 is 10.7 Å². The lowest BCUT2D eigenvalue weighted by atomic mass is 10.1. The van der Waals surface area contributed by atoms with Crippen LogP contribution in [0.1, 0.15) is 42.6 Å². The molecule has 178 valence electrons. The van der Waals surface area contributed by atoms with Crippen molar-refractivity contribution in [1.29, 1.82) is 0 Å². The number of hydrogen-bond donors (Lipinski definition) is 1. The second-order valence-electron chi connectivity index (χ2n) is 8.10. The Labute approximate surface area is 203 Å². The molecule has 0 bridgehead atoms. The molecule has 2 heterocycles. The molecule has 1 N–H and O–H groups in total. The van der Waals surface area contributed by atoms with Crippen molar-refractivity contribution in [2.24, 2.45) is 0 Å². The Kier molecular flexibility index (Phi) is 7.45. The Bertz CT molecular complexity index is 1330. The number of hydrogen-bond acceptors (Lipinski definition) is 5. The lowest BCUT2D eigenvalue weighted by Crippen LogP contribution is -2.33. The lowest BCUT2D eigenvalue weighted by molar-refractivity contribution is 0.101. The van der Waals surface area contributed by atoms with E-state index in [1.807, 2.05) is 0 Å². The average molecular weight is 501 g/mol. The first-order valence-corrected chi connectivity index (χ1v) is 12.9. The van der Waals surface area contributed by atoms with Gasteiger partial charge in [-0.2, -0.15) is 9.40 Å². The zero-order valence-corrected chi connectivity index (χ0v) is 20.1. The lowest BCUT2D eigenvalue weighted by Gasteiger charge is -2.24. The molecular weight excluding hydrogens is 476 g/mol. The van der Waals surface area contributed by atoms with Crippen molar-refractivity contribution in [3.63, 3.8) is 0 Å². The van der Waals surface area contributed by atoms with E-state index >= 15 is 0 Å². The van der Waals surface area contributed by atoms with Gasteiger partial charge in [-0.15, -0.1) is 0 Å². The molecule has 34 heavy (non-hydrogen) atoms. The fourth-order valence-electron chi connectivity index (χ4n) is 3.84. The van der Waals surface area contributed by atoms with E-state index in [1.165, 1.54) is 45.5 Å². The number of benzene rings is 2. The zero-order valence-electron chi connectivity index (χ0n) is 18.5. The fraction of sp³-hybridized carbons (Fsp3) is 0.292. The molecule has 0 saturated carbocycles. The molecular formula is C24H25ClN4O4S. The molecule has 2 aromatic carbocycles. The highest BCUT2D eigenvalue weighted by Crippen LogP contribution is 2.22. The van der Waals surface area contributed by atoms with E-state index in [0.717, 1.165) is 32.1 Å². The number of rotatable bonds is 5. The highest BCUT2D eigenvalue weighted by molar-refractivity contribution is 7.89. The summed E-state index contributed by atoms with van der Waals surface area (Å²) >= 11 is 6.02. The number of anilines is 1. The molecule has 0 spiro atoms. The number of aromatic nitrogens is 2. The van der Waals surface area contributed by atoms with Gasteiger partial charge in [0.1, 0.15) is 0 Å². The normalized spacial score (nSPS) is 15.3. The predicted molar refractivity (Wildman–Crippen MR) is 131 cm³/mol. The maximum Gasteiger partial charge on any atom is 0.280 e. The Morgan fingerprint density at radius 1 is 0.941 bits per heavy atom. The molecule has 1 aliphatic heterocycles. The van der Waals surface area contributed by atoms with Gasteiger partial charge < -0.3 is 5.32 Å². The first kappa shape index (κ1) is 24.1. The van der Waals surface area contributed by atoms with Crippen molar-refractivity contribution in [3.8, 4) is 5.69 Å². The number of sulfonamides is 1. The third-order valence-electron chi connectivity index (χ3n) is 5.66. The van der Waals surface area contributed by atoms with Crippen LogP contribution in [-0.2, 0) is 10.0 Å². The molecule has 8 nitrogen and oxygen atoms in total. The fourth-order valence-corrected chi connectivity index (χ4v) is 5.54. The number of nitrogens with one attached hydrogen (secondary N) is 1. The minimum atomic E-state index is -3.60. The first-order chi connectivity index (χ1) is 16.3. The summed E-state index contributed by atoms with van der Waals surface area (Å²) < 4.78 is 29.0. The van der Waals surface area contributed by atoms with Gasteiger partial charge in [0.25, 0.3) is 5.91 Å². The number of carbonyl (C=O) groups is 1. The van der Waals surface area contributed by atoms with E-state index in [0.29, 0.717) is 29.5 Å². The van der Waals surface area contributed by atoms with Crippen molar-refractivity contribution in [2.45, 2.75) is 37.0 Å². The largest absolute Gasteiger partial charge is 0.320 e. The molecule has 0 aliphatic carbocycles. The van der Waals surface area contributed by atoms with Gasteiger partial charge in [0.05, 0.1) is 10.6 Å². The number of carbonyl (C=O) groups excluding carboxylic acids is 1. The Morgan fingerprint density at radius 2 is 1.62 bits per heavy atom. The summed E-state index contributed by atoms with van der Waals surface area (Å²) in [7, 11) is -3.60. The Hall–Kier alpha value is -3.01. The van der Waals surface area contributed by atoms with E-state index in [4.69, 9.17) is 11.6 Å². The molecule has 0 unspecified atom stereocenters. The monoisotopic (exact) mass is 500 g/mol. The number of halogens is 1. The van der Waals surface area contributed by atoms with Crippen LogP contribution >= 0.6 is 11.6 Å². The van der Waals surface area contributed by atoms with Crippen LogP contribution in [0.4, 0.5) is 5.69 Å². The highest BCUT2D eigenvalue weighted by Gasteiger charge is 2.24. The van der Waals surface area contributed by atoms with Crippen LogP contribution in [0.3, 0.4) is 0 Å². The molecule has 0 radical (unpaired) electrons. The van der Waals surface area contributed by atoms with E-state index in [-0.39, 0.29) is 10.6 Å². The molecule has 1 aliphatic rings. The average Bonchev–Trinajstić information content (AvgIpc) is 2.79. The maximum atomic E-state index is 13.0. The van der Waals surface area contributed by atoms with Gasteiger partial charge in [-0.3, -0.25) is 9.59 Å². The summed E-state index contributed by atoms with van der Waals surface area (Å²) in [5.41, 5.74) is 0.128. The molecule has 3 aromatic rings. The van der Waals surface area contributed by atoms with Crippen LogP contribution in [0, 0.1) is 0 Å². The second kappa shape index (κ2) is 10.5. The quantitative estimate of drug-likeness (QED) is 0.568. The van der Waals surface area contributed by atoms with Gasteiger partial charge in [0, 0.05) is 36.1 Å². The third kappa shape index (κ3) is 5.55. The van der Waals surface area contributed by atoms with E-state index in [9.17, 15) is 18.0 Å². The second-order valence-corrected chi connectivity index (χ2v) is 10.5. The summed E-state index contributed by atoms with van der Waals surface area (Å²) in [5.74, 6) is -0.694. The number of amides is 1. The van der Waals surface area contributed by atoms with Crippen LogP contribution in [0.2, 0.25) is 5.02 Å². The molecule has 0 atom stereocenters. The van der Waals surface area contributed by atoms with Crippen molar-refractivity contribution in [3.05, 3.63) is 81.7 Å². The Balaban J connectivity index is 1.51. The molecule has 1 amide bonds. The predicted octanol–water partition coefficient (Wildman–Crippen LogP) is 4.09. The molecule has 1 fully saturated rings. The van der Waals surface area contributed by atoms with E-state index in [1.54, 1.807) is 24.3 Å². The van der Waals surface area contributed by atoms with Gasteiger partial charge in [0.15, 0.2) is 5.69 Å². The SMILES string of the molecule is O=C(Nc1ccc(S(=O)(=O)N2CCCCCCC2)cc1)c1nn(-c2cccc(Cl)c2)ccc1=O. The topological polar surface area (TPSA) is 101 Å². The molecule has 1 aromatic heterocycles. The minimum absolute atomic E-state index is 0.173. The third-order valence-corrected chi connectivity index (χ3v) is 7.81. The van der Waals surface area contributed by atoms with E-state index < -0.39 is 21.4 Å². The molecule has 10 heteroatoms. The molecule has 1 saturated heterocycles. The minimum Gasteiger partial charge on any atom is -0.320 e. The summed E-state index contributed by atoms with van der Waals surface area (Å²) in [4.78, 5) is 25.2. The van der Waals surface area contributed by atoms with Crippen LogP contribution in [0.5, 0.6) is 0 Å².